The first-order valence-corrected chi connectivity index (χ1v) is 7.59. The van der Waals surface area contributed by atoms with Gasteiger partial charge in [-0.2, -0.15) is 5.26 Å². The van der Waals surface area contributed by atoms with Crippen molar-refractivity contribution in [2.24, 2.45) is 5.73 Å². The van der Waals surface area contributed by atoms with Crippen LogP contribution in [0.1, 0.15) is 38.2 Å². The highest BCUT2D eigenvalue weighted by Crippen LogP contribution is 2.44. The van der Waals surface area contributed by atoms with Gasteiger partial charge < -0.3 is 14.9 Å². The van der Waals surface area contributed by atoms with Crippen molar-refractivity contribution >= 4 is 11.6 Å². The molecule has 0 bridgehead atoms. The molecule has 0 saturated carbocycles. The molecule has 2 heterocycles. The maximum Gasteiger partial charge on any atom is 0.229 e. The summed E-state index contributed by atoms with van der Waals surface area (Å²) >= 11 is 0. The molecule has 1 aliphatic heterocycles. The summed E-state index contributed by atoms with van der Waals surface area (Å²) < 4.78 is 11.0. The molecular formula is C19H12N2O4. The van der Waals surface area contributed by atoms with E-state index in [1.54, 1.807) is 43.3 Å². The number of ketones is 2. The number of carbonyl (C=O) groups is 2. The highest BCUT2D eigenvalue weighted by Gasteiger charge is 2.44. The minimum atomic E-state index is -0.868. The predicted molar refractivity (Wildman–Crippen MR) is 86.2 cm³/mol. The van der Waals surface area contributed by atoms with Gasteiger partial charge in [0, 0.05) is 11.1 Å². The van der Waals surface area contributed by atoms with Gasteiger partial charge in [-0.05, 0) is 19.1 Å². The molecule has 0 unspecified atom stereocenters. The molecule has 122 valence electrons. The minimum Gasteiger partial charge on any atom is -0.465 e. The number of rotatable bonds is 1. The summed E-state index contributed by atoms with van der Waals surface area (Å²) in [5, 5.41) is 9.51. The van der Waals surface area contributed by atoms with Crippen molar-refractivity contribution in [1.82, 2.24) is 0 Å². The first kappa shape index (κ1) is 15.0. The summed E-state index contributed by atoms with van der Waals surface area (Å²) in [6.45, 7) is 1.75. The Kier molecular flexibility index (Phi) is 3.12. The quantitative estimate of drug-likeness (QED) is 0.860. The van der Waals surface area contributed by atoms with Crippen LogP contribution >= 0.6 is 0 Å². The number of Topliss-reactive ketones (excluding diaryl/α,β-unsaturated/α-hetero) is 2. The van der Waals surface area contributed by atoms with Crippen LogP contribution < -0.4 is 5.73 Å². The lowest BCUT2D eigenvalue weighted by Gasteiger charge is -2.29. The molecule has 0 radical (unpaired) electrons. The van der Waals surface area contributed by atoms with Gasteiger partial charge in [0.05, 0.1) is 11.5 Å². The molecule has 4 rings (SSSR count). The van der Waals surface area contributed by atoms with Crippen LogP contribution in [0.5, 0.6) is 0 Å². The van der Waals surface area contributed by atoms with E-state index in [4.69, 9.17) is 14.9 Å². The zero-order chi connectivity index (χ0) is 17.7. The number of carbonyl (C=O) groups excluding carboxylic acids is 2. The molecule has 1 aromatic heterocycles. The van der Waals surface area contributed by atoms with Crippen LogP contribution in [0.2, 0.25) is 0 Å². The van der Waals surface area contributed by atoms with E-state index in [1.807, 2.05) is 6.07 Å². The Hall–Kier alpha value is -3.59. The molecule has 0 fully saturated rings. The van der Waals surface area contributed by atoms with Gasteiger partial charge in [-0.25, -0.2) is 0 Å². The SMILES string of the molecule is Cc1ccc([C@H]2C(C#N)=C(N)OC3=C2C(=O)c2ccccc2C3=O)o1. The number of furan rings is 1. The second kappa shape index (κ2) is 5.21. The van der Waals surface area contributed by atoms with Crippen molar-refractivity contribution in [2.75, 3.05) is 0 Å². The van der Waals surface area contributed by atoms with E-state index < -0.39 is 11.7 Å². The second-order valence-corrected chi connectivity index (χ2v) is 5.82. The van der Waals surface area contributed by atoms with Gasteiger partial charge in [0.1, 0.15) is 23.2 Å². The Morgan fingerprint density at radius 1 is 1.08 bits per heavy atom. The highest BCUT2D eigenvalue weighted by atomic mass is 16.5. The third-order valence-electron chi connectivity index (χ3n) is 4.33. The number of fused-ring (bicyclic) bond motifs is 1. The van der Waals surface area contributed by atoms with Gasteiger partial charge in [0.25, 0.3) is 0 Å². The molecule has 2 aromatic rings. The van der Waals surface area contributed by atoms with Crippen LogP contribution in [0.15, 0.2) is 63.6 Å². The lowest BCUT2D eigenvalue weighted by molar-refractivity contribution is 0.0895. The molecule has 2 aliphatic rings. The average molecular weight is 332 g/mol. The molecule has 6 nitrogen and oxygen atoms in total. The second-order valence-electron chi connectivity index (χ2n) is 5.82. The maximum absolute atomic E-state index is 13.1. The number of allylic oxidation sites excluding steroid dienone is 3. The van der Waals surface area contributed by atoms with Crippen molar-refractivity contribution in [3.05, 3.63) is 81.8 Å². The summed E-state index contributed by atoms with van der Waals surface area (Å²) in [5.74, 6) is -1.02. The van der Waals surface area contributed by atoms with Crippen LogP contribution in [-0.2, 0) is 4.74 Å². The van der Waals surface area contributed by atoms with Crippen molar-refractivity contribution in [1.29, 1.82) is 5.26 Å². The van der Waals surface area contributed by atoms with Gasteiger partial charge in [-0.1, -0.05) is 24.3 Å². The van der Waals surface area contributed by atoms with E-state index in [0.29, 0.717) is 11.5 Å². The first-order valence-electron chi connectivity index (χ1n) is 7.59. The average Bonchev–Trinajstić information content (AvgIpc) is 3.04. The number of nitrogens with zero attached hydrogens (tertiary/aromatic N) is 1. The van der Waals surface area contributed by atoms with Crippen molar-refractivity contribution in [3.8, 4) is 6.07 Å². The van der Waals surface area contributed by atoms with Gasteiger partial charge in [0.15, 0.2) is 11.5 Å². The van der Waals surface area contributed by atoms with Crippen LogP contribution in [-0.4, -0.2) is 11.6 Å². The summed E-state index contributed by atoms with van der Waals surface area (Å²) in [4.78, 5) is 25.8. The lowest BCUT2D eigenvalue weighted by atomic mass is 9.77. The lowest BCUT2D eigenvalue weighted by Crippen LogP contribution is -2.32. The maximum atomic E-state index is 13.1. The molecule has 1 aliphatic carbocycles. The zero-order valence-corrected chi connectivity index (χ0v) is 13.2. The van der Waals surface area contributed by atoms with Crippen LogP contribution in [0, 0.1) is 18.3 Å². The fraction of sp³-hybridized carbons (Fsp3) is 0.105. The summed E-state index contributed by atoms with van der Waals surface area (Å²) in [7, 11) is 0. The van der Waals surface area contributed by atoms with Crippen LogP contribution in [0.25, 0.3) is 0 Å². The molecule has 1 aromatic carbocycles. The largest absolute Gasteiger partial charge is 0.465 e. The van der Waals surface area contributed by atoms with Gasteiger partial charge in [-0.15, -0.1) is 0 Å². The standard InChI is InChI=1S/C19H12N2O4/c1-9-6-7-13(24-9)14-12(8-20)19(21)25-18-15(14)16(22)10-4-2-3-5-11(10)17(18)23/h2-7,14H,21H2,1H3/t14-/m1/s1. The minimum absolute atomic E-state index is 0.0497. The van der Waals surface area contributed by atoms with Gasteiger partial charge >= 0.3 is 0 Å². The summed E-state index contributed by atoms with van der Waals surface area (Å²) in [6, 6.07) is 11.9. The molecule has 2 N–H and O–H groups in total. The molecule has 25 heavy (non-hydrogen) atoms. The molecule has 0 amide bonds. The highest BCUT2D eigenvalue weighted by molar-refractivity contribution is 6.27. The number of ether oxygens (including phenoxy) is 1. The predicted octanol–water partition coefficient (Wildman–Crippen LogP) is 2.73. The molecule has 0 spiro atoms. The van der Waals surface area contributed by atoms with E-state index >= 15 is 0 Å². The summed E-state index contributed by atoms with van der Waals surface area (Å²) in [6.07, 6.45) is 0. The Morgan fingerprint density at radius 2 is 1.76 bits per heavy atom. The Balaban J connectivity index is 1.98. The van der Waals surface area contributed by atoms with Crippen molar-refractivity contribution in [3.63, 3.8) is 0 Å². The van der Waals surface area contributed by atoms with Crippen molar-refractivity contribution < 1.29 is 18.7 Å². The normalized spacial score (nSPS) is 19.3. The molecule has 0 saturated heterocycles. The Labute approximate surface area is 142 Å². The van der Waals surface area contributed by atoms with Crippen LogP contribution in [0.3, 0.4) is 0 Å². The number of benzene rings is 1. The third kappa shape index (κ3) is 2.03. The van der Waals surface area contributed by atoms with E-state index in [0.717, 1.165) is 0 Å². The monoisotopic (exact) mass is 332 g/mol. The summed E-state index contributed by atoms with van der Waals surface area (Å²) in [5.41, 5.74) is 6.53. The first-order chi connectivity index (χ1) is 12.0. The Morgan fingerprint density at radius 3 is 2.36 bits per heavy atom. The topological polar surface area (TPSA) is 106 Å². The van der Waals surface area contributed by atoms with E-state index in [1.165, 1.54) is 0 Å². The van der Waals surface area contributed by atoms with Crippen molar-refractivity contribution in [2.45, 2.75) is 12.8 Å². The smallest absolute Gasteiger partial charge is 0.229 e. The number of hydrogen-bond acceptors (Lipinski definition) is 6. The van der Waals surface area contributed by atoms with Gasteiger partial charge in [-0.3, -0.25) is 9.59 Å². The third-order valence-corrected chi connectivity index (χ3v) is 4.33. The number of aryl methyl sites for hydroxylation is 1. The van der Waals surface area contributed by atoms with E-state index in [-0.39, 0.29) is 39.7 Å². The zero-order valence-electron chi connectivity index (χ0n) is 13.2. The Bertz CT molecular complexity index is 1050. The fourth-order valence-corrected chi connectivity index (χ4v) is 3.20. The van der Waals surface area contributed by atoms with Gasteiger partial charge in [0.2, 0.25) is 11.7 Å². The van der Waals surface area contributed by atoms with Crippen LogP contribution in [0.4, 0.5) is 0 Å². The molecule has 1 atom stereocenters. The number of hydrogen-bond donors (Lipinski definition) is 1. The molecule has 6 heteroatoms. The van der Waals surface area contributed by atoms with E-state index in [9.17, 15) is 14.9 Å². The van der Waals surface area contributed by atoms with E-state index in [2.05, 4.69) is 0 Å². The fourth-order valence-electron chi connectivity index (χ4n) is 3.20. The number of nitrogens with two attached hydrogens (primary N) is 1. The molecular weight excluding hydrogens is 320 g/mol. The number of nitriles is 1.